The standard InChI is InChI=1S/C11H15N3/c1-13-7-8-2-3-10-9(6-8)4-5-14-11(10)12/h2-3,6,13H,4-5,7H2,1H3,(H2,12,14). The van der Waals surface area contributed by atoms with Gasteiger partial charge < -0.3 is 11.1 Å². The molecule has 2 rings (SSSR count). The van der Waals surface area contributed by atoms with E-state index < -0.39 is 0 Å². The number of hydrogen-bond acceptors (Lipinski definition) is 3. The Labute approximate surface area is 84.0 Å². The molecule has 0 radical (unpaired) electrons. The van der Waals surface area contributed by atoms with Gasteiger partial charge in [0.25, 0.3) is 0 Å². The predicted octanol–water partition coefficient (Wildman–Crippen LogP) is 0.667. The molecule has 0 aromatic heterocycles. The van der Waals surface area contributed by atoms with E-state index in [1.54, 1.807) is 0 Å². The van der Waals surface area contributed by atoms with Gasteiger partial charge in [-0.25, -0.2) is 0 Å². The molecule has 3 nitrogen and oxygen atoms in total. The van der Waals surface area contributed by atoms with Crippen molar-refractivity contribution in [3.8, 4) is 0 Å². The third-order valence-corrected chi connectivity index (χ3v) is 2.49. The van der Waals surface area contributed by atoms with Crippen LogP contribution in [0, 0.1) is 0 Å². The number of rotatable bonds is 2. The van der Waals surface area contributed by atoms with Crippen LogP contribution in [0.3, 0.4) is 0 Å². The molecule has 1 aliphatic heterocycles. The first-order valence-electron chi connectivity index (χ1n) is 4.88. The lowest BCUT2D eigenvalue weighted by atomic mass is 9.98. The first-order valence-corrected chi connectivity index (χ1v) is 4.88. The van der Waals surface area contributed by atoms with Crippen LogP contribution < -0.4 is 11.1 Å². The number of fused-ring (bicyclic) bond motifs is 1. The number of nitrogens with two attached hydrogens (primary N) is 1. The number of amidine groups is 1. The summed E-state index contributed by atoms with van der Waals surface area (Å²) < 4.78 is 0. The van der Waals surface area contributed by atoms with Crippen LogP contribution in [-0.2, 0) is 13.0 Å². The minimum absolute atomic E-state index is 0.683. The van der Waals surface area contributed by atoms with E-state index in [9.17, 15) is 0 Å². The summed E-state index contributed by atoms with van der Waals surface area (Å²) in [7, 11) is 1.95. The van der Waals surface area contributed by atoms with Crippen LogP contribution in [0.25, 0.3) is 0 Å². The lowest BCUT2D eigenvalue weighted by Gasteiger charge is -2.14. The Morgan fingerprint density at radius 1 is 1.50 bits per heavy atom. The number of benzene rings is 1. The SMILES string of the molecule is CNCc1ccc2c(c1)CCN=C2N. The quantitative estimate of drug-likeness (QED) is 0.718. The maximum Gasteiger partial charge on any atom is 0.125 e. The molecule has 0 spiro atoms. The molecular weight excluding hydrogens is 174 g/mol. The van der Waals surface area contributed by atoms with Crippen molar-refractivity contribution in [1.29, 1.82) is 0 Å². The smallest absolute Gasteiger partial charge is 0.125 e. The average molecular weight is 189 g/mol. The van der Waals surface area contributed by atoms with Crippen LogP contribution in [0.4, 0.5) is 0 Å². The molecule has 0 atom stereocenters. The van der Waals surface area contributed by atoms with E-state index in [4.69, 9.17) is 5.73 Å². The first-order chi connectivity index (χ1) is 6.81. The van der Waals surface area contributed by atoms with Gasteiger partial charge >= 0.3 is 0 Å². The van der Waals surface area contributed by atoms with Gasteiger partial charge in [0.2, 0.25) is 0 Å². The summed E-state index contributed by atoms with van der Waals surface area (Å²) in [6, 6.07) is 6.39. The second-order valence-electron chi connectivity index (χ2n) is 3.54. The molecule has 1 aromatic rings. The highest BCUT2D eigenvalue weighted by Gasteiger charge is 2.11. The summed E-state index contributed by atoms with van der Waals surface area (Å²) in [6.45, 7) is 1.73. The third kappa shape index (κ3) is 1.63. The van der Waals surface area contributed by atoms with Crippen LogP contribution in [0.15, 0.2) is 23.2 Å². The third-order valence-electron chi connectivity index (χ3n) is 2.49. The van der Waals surface area contributed by atoms with Crippen LogP contribution in [0.5, 0.6) is 0 Å². The lowest BCUT2D eigenvalue weighted by molar-refractivity contribution is 0.813. The second kappa shape index (κ2) is 3.80. The molecule has 1 aliphatic rings. The van der Waals surface area contributed by atoms with E-state index in [-0.39, 0.29) is 0 Å². The molecule has 0 fully saturated rings. The molecule has 3 N–H and O–H groups in total. The maximum absolute atomic E-state index is 5.80. The average Bonchev–Trinajstić information content (AvgIpc) is 2.18. The Kier molecular flexibility index (Phi) is 2.50. The summed E-state index contributed by atoms with van der Waals surface area (Å²) in [5.74, 6) is 0.683. The van der Waals surface area contributed by atoms with Crippen LogP contribution in [-0.4, -0.2) is 19.4 Å². The zero-order valence-electron chi connectivity index (χ0n) is 8.38. The highest BCUT2D eigenvalue weighted by atomic mass is 14.9. The van der Waals surface area contributed by atoms with Gasteiger partial charge in [-0.3, -0.25) is 4.99 Å². The van der Waals surface area contributed by atoms with Gasteiger partial charge in [0.1, 0.15) is 5.84 Å². The van der Waals surface area contributed by atoms with Crippen molar-refractivity contribution in [1.82, 2.24) is 5.32 Å². The van der Waals surface area contributed by atoms with Crippen molar-refractivity contribution in [3.63, 3.8) is 0 Å². The fraction of sp³-hybridized carbons (Fsp3) is 0.364. The summed E-state index contributed by atoms with van der Waals surface area (Å²) in [5.41, 5.74) is 9.54. The van der Waals surface area contributed by atoms with Crippen molar-refractivity contribution in [2.75, 3.05) is 13.6 Å². The Morgan fingerprint density at radius 2 is 2.36 bits per heavy atom. The van der Waals surface area contributed by atoms with Crippen molar-refractivity contribution in [3.05, 3.63) is 34.9 Å². The first kappa shape index (κ1) is 9.21. The fourth-order valence-electron chi connectivity index (χ4n) is 1.80. The van der Waals surface area contributed by atoms with E-state index in [0.29, 0.717) is 5.84 Å². The molecule has 74 valence electrons. The summed E-state index contributed by atoms with van der Waals surface area (Å²) in [6.07, 6.45) is 1.01. The molecule has 14 heavy (non-hydrogen) atoms. The van der Waals surface area contributed by atoms with E-state index in [2.05, 4.69) is 28.5 Å². The molecule has 0 bridgehead atoms. The lowest BCUT2D eigenvalue weighted by Crippen LogP contribution is -2.21. The summed E-state index contributed by atoms with van der Waals surface area (Å²) in [5, 5.41) is 3.14. The van der Waals surface area contributed by atoms with Crippen molar-refractivity contribution < 1.29 is 0 Å². The normalized spacial score (nSPS) is 14.8. The molecule has 1 heterocycles. The topological polar surface area (TPSA) is 50.4 Å². The fourth-order valence-corrected chi connectivity index (χ4v) is 1.80. The number of aliphatic imine (C=N–C) groups is 1. The van der Waals surface area contributed by atoms with E-state index >= 15 is 0 Å². The van der Waals surface area contributed by atoms with Crippen molar-refractivity contribution in [2.45, 2.75) is 13.0 Å². The minimum atomic E-state index is 0.683. The monoisotopic (exact) mass is 189 g/mol. The van der Waals surface area contributed by atoms with Gasteiger partial charge in [0.05, 0.1) is 0 Å². The van der Waals surface area contributed by atoms with Gasteiger partial charge in [0.15, 0.2) is 0 Å². The number of nitrogens with zero attached hydrogens (tertiary/aromatic N) is 1. The zero-order valence-corrected chi connectivity index (χ0v) is 8.38. The highest BCUT2D eigenvalue weighted by Crippen LogP contribution is 2.16. The molecule has 0 aliphatic carbocycles. The Balaban J connectivity index is 2.36. The van der Waals surface area contributed by atoms with Gasteiger partial charge in [-0.1, -0.05) is 18.2 Å². The van der Waals surface area contributed by atoms with Crippen LogP contribution in [0.1, 0.15) is 16.7 Å². The highest BCUT2D eigenvalue weighted by molar-refractivity contribution is 5.99. The van der Waals surface area contributed by atoms with Gasteiger partial charge in [-0.05, 0) is 24.6 Å². The molecule has 0 saturated heterocycles. The van der Waals surface area contributed by atoms with E-state index in [1.165, 1.54) is 11.1 Å². The van der Waals surface area contributed by atoms with Gasteiger partial charge in [-0.2, -0.15) is 0 Å². The second-order valence-corrected chi connectivity index (χ2v) is 3.54. The Hall–Kier alpha value is -1.35. The molecule has 1 aromatic carbocycles. The van der Waals surface area contributed by atoms with E-state index in [1.807, 2.05) is 7.05 Å². The zero-order chi connectivity index (χ0) is 9.97. The summed E-state index contributed by atoms with van der Waals surface area (Å²) in [4.78, 5) is 4.23. The minimum Gasteiger partial charge on any atom is -0.383 e. The number of hydrogen-bond donors (Lipinski definition) is 2. The predicted molar refractivity (Wildman–Crippen MR) is 58.5 cm³/mol. The number of nitrogens with one attached hydrogen (secondary N) is 1. The van der Waals surface area contributed by atoms with E-state index in [0.717, 1.165) is 25.1 Å². The van der Waals surface area contributed by atoms with Crippen LogP contribution in [0.2, 0.25) is 0 Å². The Morgan fingerprint density at radius 3 is 3.14 bits per heavy atom. The van der Waals surface area contributed by atoms with Crippen molar-refractivity contribution >= 4 is 5.84 Å². The molecule has 0 unspecified atom stereocenters. The molecule has 0 saturated carbocycles. The van der Waals surface area contributed by atoms with Gasteiger partial charge in [-0.15, -0.1) is 0 Å². The molecular formula is C11H15N3. The van der Waals surface area contributed by atoms with Crippen LogP contribution >= 0.6 is 0 Å². The van der Waals surface area contributed by atoms with Gasteiger partial charge in [0, 0.05) is 18.7 Å². The summed E-state index contributed by atoms with van der Waals surface area (Å²) >= 11 is 0. The largest absolute Gasteiger partial charge is 0.383 e. The molecule has 0 amide bonds. The molecule has 3 heteroatoms. The van der Waals surface area contributed by atoms with Crippen molar-refractivity contribution in [2.24, 2.45) is 10.7 Å². The maximum atomic E-state index is 5.80. The Bertz CT molecular complexity index is 369.